The van der Waals surface area contributed by atoms with Crippen molar-refractivity contribution in [1.82, 2.24) is 10.9 Å². The third-order valence-corrected chi connectivity index (χ3v) is 4.92. The van der Waals surface area contributed by atoms with Crippen molar-refractivity contribution in [2.75, 3.05) is 6.79 Å². The first kappa shape index (κ1) is 14.8. The maximum absolute atomic E-state index is 10.3. The molecule has 2 aliphatic rings. The summed E-state index contributed by atoms with van der Waals surface area (Å²) in [5.74, 6) is 1.87. The number of aryl methyl sites for hydroxylation is 1. The van der Waals surface area contributed by atoms with Crippen molar-refractivity contribution in [3.8, 4) is 17.2 Å². The Balaban J connectivity index is 1.58. The Hall–Kier alpha value is -1.76. The molecule has 2 heterocycles. The third kappa shape index (κ3) is 2.67. The molecule has 0 amide bonds. The largest absolute Gasteiger partial charge is 0.506 e. The average Bonchev–Trinajstić information content (AvgIpc) is 3.18. The SMILES string of the molecule is Cc1cc(Br)c(O)c(C2CC(c3ccc4c(c3)OCO4)NN2)c1. The number of aromatic hydroxyl groups is 1. The van der Waals surface area contributed by atoms with E-state index >= 15 is 0 Å². The molecule has 6 heteroatoms. The summed E-state index contributed by atoms with van der Waals surface area (Å²) in [5, 5.41) is 10.3. The van der Waals surface area contributed by atoms with Gasteiger partial charge in [0, 0.05) is 11.6 Å². The van der Waals surface area contributed by atoms with Crippen LogP contribution < -0.4 is 20.3 Å². The van der Waals surface area contributed by atoms with Crippen molar-refractivity contribution in [3.63, 3.8) is 0 Å². The Morgan fingerprint density at radius 1 is 1.09 bits per heavy atom. The van der Waals surface area contributed by atoms with Crippen LogP contribution in [0.3, 0.4) is 0 Å². The Kier molecular flexibility index (Phi) is 3.67. The molecule has 0 aliphatic carbocycles. The van der Waals surface area contributed by atoms with Gasteiger partial charge in [0.25, 0.3) is 0 Å². The molecule has 0 bridgehead atoms. The van der Waals surface area contributed by atoms with E-state index in [1.165, 1.54) is 0 Å². The number of hydrazine groups is 1. The number of hydrogen-bond acceptors (Lipinski definition) is 5. The van der Waals surface area contributed by atoms with Gasteiger partial charge < -0.3 is 14.6 Å². The van der Waals surface area contributed by atoms with E-state index in [9.17, 15) is 5.11 Å². The van der Waals surface area contributed by atoms with Crippen LogP contribution in [0.15, 0.2) is 34.8 Å². The molecule has 0 spiro atoms. The normalized spacial score (nSPS) is 22.5. The molecule has 0 radical (unpaired) electrons. The molecule has 2 aromatic carbocycles. The topological polar surface area (TPSA) is 62.8 Å². The predicted octanol–water partition coefficient (Wildman–Crippen LogP) is 3.47. The van der Waals surface area contributed by atoms with Crippen molar-refractivity contribution in [2.45, 2.75) is 25.4 Å². The highest BCUT2D eigenvalue weighted by Gasteiger charge is 2.29. The highest BCUT2D eigenvalue weighted by atomic mass is 79.9. The molecule has 4 rings (SSSR count). The van der Waals surface area contributed by atoms with E-state index in [4.69, 9.17) is 9.47 Å². The first-order chi connectivity index (χ1) is 11.1. The zero-order valence-electron chi connectivity index (χ0n) is 12.6. The van der Waals surface area contributed by atoms with Gasteiger partial charge >= 0.3 is 0 Å². The van der Waals surface area contributed by atoms with E-state index in [1.807, 2.05) is 37.3 Å². The Morgan fingerprint density at radius 2 is 1.87 bits per heavy atom. The Labute approximate surface area is 142 Å². The zero-order valence-corrected chi connectivity index (χ0v) is 14.2. The fraction of sp³-hybridized carbons (Fsp3) is 0.294. The van der Waals surface area contributed by atoms with Gasteiger partial charge in [0.15, 0.2) is 11.5 Å². The van der Waals surface area contributed by atoms with Crippen LogP contribution >= 0.6 is 15.9 Å². The summed E-state index contributed by atoms with van der Waals surface area (Å²) in [4.78, 5) is 0. The fourth-order valence-electron chi connectivity index (χ4n) is 3.14. The van der Waals surface area contributed by atoms with Crippen LogP contribution in [0.1, 0.15) is 35.2 Å². The number of ether oxygens (including phenoxy) is 2. The molecule has 23 heavy (non-hydrogen) atoms. The molecule has 2 aromatic rings. The lowest BCUT2D eigenvalue weighted by Crippen LogP contribution is -2.26. The van der Waals surface area contributed by atoms with Gasteiger partial charge in [-0.3, -0.25) is 0 Å². The number of hydrogen-bond donors (Lipinski definition) is 3. The first-order valence-electron chi connectivity index (χ1n) is 7.51. The number of halogens is 1. The van der Waals surface area contributed by atoms with Gasteiger partial charge in [-0.05, 0) is 58.6 Å². The number of fused-ring (bicyclic) bond motifs is 1. The zero-order chi connectivity index (χ0) is 16.0. The molecular weight excluding hydrogens is 360 g/mol. The quantitative estimate of drug-likeness (QED) is 0.748. The van der Waals surface area contributed by atoms with Crippen LogP contribution in [0, 0.1) is 6.92 Å². The lowest BCUT2D eigenvalue weighted by atomic mass is 9.96. The average molecular weight is 377 g/mol. The summed E-state index contributed by atoms with van der Waals surface area (Å²) in [6, 6.07) is 10.1. The van der Waals surface area contributed by atoms with E-state index in [2.05, 4.69) is 26.8 Å². The highest BCUT2D eigenvalue weighted by molar-refractivity contribution is 9.10. The van der Waals surface area contributed by atoms with Gasteiger partial charge in [-0.15, -0.1) is 0 Å². The lowest BCUT2D eigenvalue weighted by molar-refractivity contribution is 0.174. The van der Waals surface area contributed by atoms with E-state index in [-0.39, 0.29) is 18.9 Å². The number of nitrogens with one attached hydrogen (secondary N) is 2. The molecule has 3 N–H and O–H groups in total. The van der Waals surface area contributed by atoms with Crippen LogP contribution in [-0.4, -0.2) is 11.9 Å². The first-order valence-corrected chi connectivity index (χ1v) is 8.31. The van der Waals surface area contributed by atoms with Gasteiger partial charge in [0.2, 0.25) is 6.79 Å². The second-order valence-electron chi connectivity index (χ2n) is 5.93. The molecule has 120 valence electrons. The van der Waals surface area contributed by atoms with Gasteiger partial charge in [-0.25, -0.2) is 10.9 Å². The number of benzene rings is 2. The number of phenolic OH excluding ortho intramolecular Hbond substituents is 1. The minimum Gasteiger partial charge on any atom is -0.506 e. The van der Waals surface area contributed by atoms with E-state index < -0.39 is 0 Å². The Morgan fingerprint density at radius 3 is 2.74 bits per heavy atom. The summed E-state index contributed by atoms with van der Waals surface area (Å²) in [7, 11) is 0. The van der Waals surface area contributed by atoms with Crippen molar-refractivity contribution < 1.29 is 14.6 Å². The van der Waals surface area contributed by atoms with Gasteiger partial charge in [0.1, 0.15) is 5.75 Å². The van der Waals surface area contributed by atoms with Crippen LogP contribution in [0.4, 0.5) is 0 Å². The van der Waals surface area contributed by atoms with E-state index in [0.717, 1.165) is 39.1 Å². The van der Waals surface area contributed by atoms with Gasteiger partial charge in [0.05, 0.1) is 10.5 Å². The highest BCUT2D eigenvalue weighted by Crippen LogP contribution is 2.41. The summed E-state index contributed by atoms with van der Waals surface area (Å²) in [6.07, 6.45) is 0.836. The second kappa shape index (κ2) is 5.70. The summed E-state index contributed by atoms with van der Waals surface area (Å²) in [6.45, 7) is 2.30. The smallest absolute Gasteiger partial charge is 0.231 e. The monoisotopic (exact) mass is 376 g/mol. The molecule has 2 unspecified atom stereocenters. The summed E-state index contributed by atoms with van der Waals surface area (Å²) in [5.41, 5.74) is 9.73. The second-order valence-corrected chi connectivity index (χ2v) is 6.78. The molecule has 0 aromatic heterocycles. The molecule has 5 nitrogen and oxygen atoms in total. The van der Waals surface area contributed by atoms with E-state index in [0.29, 0.717) is 5.75 Å². The maximum atomic E-state index is 10.3. The Bertz CT molecular complexity index is 766. The molecule has 1 saturated heterocycles. The van der Waals surface area contributed by atoms with Crippen LogP contribution in [-0.2, 0) is 0 Å². The van der Waals surface area contributed by atoms with Gasteiger partial charge in [-0.2, -0.15) is 0 Å². The third-order valence-electron chi connectivity index (χ3n) is 4.31. The minimum absolute atomic E-state index is 0.0432. The molecule has 1 fully saturated rings. The van der Waals surface area contributed by atoms with Gasteiger partial charge in [-0.1, -0.05) is 12.1 Å². The lowest BCUT2D eigenvalue weighted by Gasteiger charge is -2.14. The maximum Gasteiger partial charge on any atom is 0.231 e. The molecule has 0 saturated carbocycles. The fourth-order valence-corrected chi connectivity index (χ4v) is 3.73. The van der Waals surface area contributed by atoms with Crippen molar-refractivity contribution >= 4 is 15.9 Å². The predicted molar refractivity (Wildman–Crippen MR) is 89.5 cm³/mol. The van der Waals surface area contributed by atoms with E-state index in [1.54, 1.807) is 0 Å². The minimum atomic E-state index is 0.0432. The number of phenols is 1. The molecular formula is C17H17BrN2O3. The molecule has 2 aliphatic heterocycles. The van der Waals surface area contributed by atoms with Crippen LogP contribution in [0.2, 0.25) is 0 Å². The van der Waals surface area contributed by atoms with Crippen molar-refractivity contribution in [3.05, 3.63) is 51.5 Å². The van der Waals surface area contributed by atoms with Crippen LogP contribution in [0.5, 0.6) is 17.2 Å². The van der Waals surface area contributed by atoms with Crippen LogP contribution in [0.25, 0.3) is 0 Å². The van der Waals surface area contributed by atoms with Crippen molar-refractivity contribution in [2.24, 2.45) is 0 Å². The summed E-state index contributed by atoms with van der Waals surface area (Å²) < 4.78 is 11.5. The number of rotatable bonds is 2. The molecule has 2 atom stereocenters. The van der Waals surface area contributed by atoms with Crippen molar-refractivity contribution in [1.29, 1.82) is 0 Å². The standard InChI is InChI=1S/C17H17BrN2O3/c1-9-4-11(17(21)12(18)5-9)14-7-13(19-20-14)10-2-3-15-16(6-10)23-8-22-15/h2-6,13-14,19-21H,7-8H2,1H3. The summed E-state index contributed by atoms with van der Waals surface area (Å²) >= 11 is 3.41.